The van der Waals surface area contributed by atoms with Crippen molar-refractivity contribution < 1.29 is 4.79 Å². The normalized spacial score (nSPS) is 10.2. The standard InChI is InChI=1S/C13H10BrClN2O/c1-8-2-3-12(16-7-8)17-13(18)9-4-10(14)6-11(15)5-9/h2-7H,1H3,(H,16,17,18). The van der Waals surface area contributed by atoms with Crippen LogP contribution in [-0.2, 0) is 0 Å². The van der Waals surface area contributed by atoms with Gasteiger partial charge >= 0.3 is 0 Å². The van der Waals surface area contributed by atoms with E-state index in [9.17, 15) is 4.79 Å². The zero-order valence-corrected chi connectivity index (χ0v) is 11.9. The van der Waals surface area contributed by atoms with Crippen molar-refractivity contribution in [2.45, 2.75) is 6.92 Å². The number of carbonyl (C=O) groups excluding carboxylic acids is 1. The predicted molar refractivity (Wildman–Crippen MR) is 76.1 cm³/mol. The number of aromatic nitrogens is 1. The number of nitrogens with one attached hydrogen (secondary N) is 1. The second-order valence-corrected chi connectivity index (χ2v) is 5.19. The molecule has 18 heavy (non-hydrogen) atoms. The first-order chi connectivity index (χ1) is 8.54. The Morgan fingerprint density at radius 3 is 2.72 bits per heavy atom. The summed E-state index contributed by atoms with van der Waals surface area (Å²) < 4.78 is 0.761. The van der Waals surface area contributed by atoms with Crippen LogP contribution in [0.4, 0.5) is 5.82 Å². The van der Waals surface area contributed by atoms with Crippen LogP contribution in [0.1, 0.15) is 15.9 Å². The lowest BCUT2D eigenvalue weighted by Crippen LogP contribution is -2.12. The number of halogens is 2. The highest BCUT2D eigenvalue weighted by molar-refractivity contribution is 9.10. The van der Waals surface area contributed by atoms with Crippen molar-refractivity contribution in [2.75, 3.05) is 5.32 Å². The summed E-state index contributed by atoms with van der Waals surface area (Å²) in [6.07, 6.45) is 1.70. The van der Waals surface area contributed by atoms with Crippen LogP contribution in [-0.4, -0.2) is 10.9 Å². The number of hydrogen-bond acceptors (Lipinski definition) is 2. The van der Waals surface area contributed by atoms with Crippen LogP contribution in [0, 0.1) is 6.92 Å². The molecule has 1 N–H and O–H groups in total. The quantitative estimate of drug-likeness (QED) is 0.905. The minimum Gasteiger partial charge on any atom is -0.307 e. The molecule has 1 aromatic heterocycles. The second kappa shape index (κ2) is 5.50. The van der Waals surface area contributed by atoms with Gasteiger partial charge < -0.3 is 5.32 Å². The molecule has 0 radical (unpaired) electrons. The topological polar surface area (TPSA) is 42.0 Å². The summed E-state index contributed by atoms with van der Waals surface area (Å²) in [5.41, 5.74) is 1.52. The maximum atomic E-state index is 12.0. The molecule has 1 aromatic carbocycles. The lowest BCUT2D eigenvalue weighted by molar-refractivity contribution is 0.102. The van der Waals surface area contributed by atoms with Crippen molar-refractivity contribution >= 4 is 39.3 Å². The molecule has 2 rings (SSSR count). The van der Waals surface area contributed by atoms with Gasteiger partial charge in [0.25, 0.3) is 5.91 Å². The first-order valence-corrected chi connectivity index (χ1v) is 6.42. The lowest BCUT2D eigenvalue weighted by atomic mass is 10.2. The van der Waals surface area contributed by atoms with Crippen LogP contribution >= 0.6 is 27.5 Å². The fourth-order valence-electron chi connectivity index (χ4n) is 1.42. The van der Waals surface area contributed by atoms with Gasteiger partial charge in [0.1, 0.15) is 5.82 Å². The van der Waals surface area contributed by atoms with Crippen LogP contribution < -0.4 is 5.32 Å². The first-order valence-electron chi connectivity index (χ1n) is 5.25. The van der Waals surface area contributed by atoms with E-state index in [0.717, 1.165) is 10.0 Å². The molecule has 2 aromatic rings. The number of aryl methyl sites for hydroxylation is 1. The minimum absolute atomic E-state index is 0.241. The van der Waals surface area contributed by atoms with E-state index in [4.69, 9.17) is 11.6 Å². The monoisotopic (exact) mass is 324 g/mol. The fourth-order valence-corrected chi connectivity index (χ4v) is 2.28. The van der Waals surface area contributed by atoms with Gasteiger partial charge in [0, 0.05) is 21.3 Å². The average Bonchev–Trinajstić information content (AvgIpc) is 2.31. The van der Waals surface area contributed by atoms with Gasteiger partial charge in [-0.3, -0.25) is 4.79 Å². The third kappa shape index (κ3) is 3.31. The Hall–Kier alpha value is -1.39. The molecule has 3 nitrogen and oxygen atoms in total. The van der Waals surface area contributed by atoms with Crippen LogP contribution in [0.3, 0.4) is 0 Å². The molecule has 5 heteroatoms. The Balaban J connectivity index is 2.19. The van der Waals surface area contributed by atoms with Gasteiger partial charge in [-0.05, 0) is 36.8 Å². The zero-order chi connectivity index (χ0) is 13.1. The van der Waals surface area contributed by atoms with Crippen LogP contribution in [0.2, 0.25) is 5.02 Å². The van der Waals surface area contributed by atoms with Gasteiger partial charge in [0.15, 0.2) is 0 Å². The Kier molecular flexibility index (Phi) is 3.99. The van der Waals surface area contributed by atoms with Crippen LogP contribution in [0.15, 0.2) is 41.0 Å². The molecule has 0 aliphatic heterocycles. The highest BCUT2D eigenvalue weighted by Crippen LogP contribution is 2.20. The first kappa shape index (κ1) is 13.1. The number of pyridine rings is 1. The summed E-state index contributed by atoms with van der Waals surface area (Å²) in [6, 6.07) is 8.68. The van der Waals surface area contributed by atoms with E-state index < -0.39 is 0 Å². The van der Waals surface area contributed by atoms with E-state index in [-0.39, 0.29) is 5.91 Å². The van der Waals surface area contributed by atoms with E-state index in [2.05, 4.69) is 26.2 Å². The molecule has 0 fully saturated rings. The Bertz CT molecular complexity index is 564. The zero-order valence-electron chi connectivity index (χ0n) is 9.58. The van der Waals surface area contributed by atoms with Gasteiger partial charge in [0.05, 0.1) is 0 Å². The molecule has 92 valence electrons. The predicted octanol–water partition coefficient (Wildman–Crippen LogP) is 4.06. The Morgan fingerprint density at radius 2 is 2.11 bits per heavy atom. The summed E-state index contributed by atoms with van der Waals surface area (Å²) in [7, 11) is 0. The molecular weight excluding hydrogens is 316 g/mol. The molecule has 0 aliphatic rings. The number of nitrogens with zero attached hydrogens (tertiary/aromatic N) is 1. The van der Waals surface area contributed by atoms with E-state index in [0.29, 0.717) is 16.4 Å². The van der Waals surface area contributed by atoms with Crippen molar-refractivity contribution in [3.05, 3.63) is 57.2 Å². The molecule has 0 atom stereocenters. The molecule has 0 bridgehead atoms. The SMILES string of the molecule is Cc1ccc(NC(=O)c2cc(Cl)cc(Br)c2)nc1. The van der Waals surface area contributed by atoms with Gasteiger partial charge in [-0.2, -0.15) is 0 Å². The summed E-state index contributed by atoms with van der Waals surface area (Å²) in [5.74, 6) is 0.274. The van der Waals surface area contributed by atoms with Gasteiger partial charge in [-0.15, -0.1) is 0 Å². The lowest BCUT2D eigenvalue weighted by Gasteiger charge is -2.05. The number of carbonyl (C=O) groups is 1. The van der Waals surface area contributed by atoms with Crippen molar-refractivity contribution in [2.24, 2.45) is 0 Å². The summed E-state index contributed by atoms with van der Waals surface area (Å²) >= 11 is 9.19. The number of rotatable bonds is 2. The molecular formula is C13H10BrClN2O. The molecule has 1 heterocycles. The van der Waals surface area contributed by atoms with E-state index in [1.807, 2.05) is 13.0 Å². The summed E-state index contributed by atoms with van der Waals surface area (Å²) in [6.45, 7) is 1.94. The number of hydrogen-bond donors (Lipinski definition) is 1. The van der Waals surface area contributed by atoms with Crippen molar-refractivity contribution in [3.63, 3.8) is 0 Å². The molecule has 0 saturated carbocycles. The maximum Gasteiger partial charge on any atom is 0.256 e. The van der Waals surface area contributed by atoms with Crippen LogP contribution in [0.25, 0.3) is 0 Å². The van der Waals surface area contributed by atoms with E-state index in [1.54, 1.807) is 30.5 Å². The third-order valence-corrected chi connectivity index (χ3v) is 2.95. The van der Waals surface area contributed by atoms with Crippen molar-refractivity contribution in [3.8, 4) is 0 Å². The summed E-state index contributed by atoms with van der Waals surface area (Å²) in [4.78, 5) is 16.1. The number of benzene rings is 1. The third-order valence-electron chi connectivity index (χ3n) is 2.28. The number of amides is 1. The highest BCUT2D eigenvalue weighted by Gasteiger charge is 2.08. The van der Waals surface area contributed by atoms with Gasteiger partial charge in [-0.25, -0.2) is 4.98 Å². The Morgan fingerprint density at radius 1 is 1.33 bits per heavy atom. The van der Waals surface area contributed by atoms with Crippen LogP contribution in [0.5, 0.6) is 0 Å². The van der Waals surface area contributed by atoms with Crippen molar-refractivity contribution in [1.29, 1.82) is 0 Å². The molecule has 0 unspecified atom stereocenters. The van der Waals surface area contributed by atoms with E-state index in [1.165, 1.54) is 0 Å². The number of anilines is 1. The second-order valence-electron chi connectivity index (χ2n) is 3.83. The maximum absolute atomic E-state index is 12.0. The van der Waals surface area contributed by atoms with E-state index >= 15 is 0 Å². The Labute approximate surface area is 118 Å². The highest BCUT2D eigenvalue weighted by atomic mass is 79.9. The van der Waals surface area contributed by atoms with Crippen molar-refractivity contribution in [1.82, 2.24) is 4.98 Å². The van der Waals surface area contributed by atoms with Gasteiger partial charge in [-0.1, -0.05) is 33.6 Å². The molecule has 0 aliphatic carbocycles. The smallest absolute Gasteiger partial charge is 0.256 e. The largest absolute Gasteiger partial charge is 0.307 e. The molecule has 0 spiro atoms. The molecule has 1 amide bonds. The molecule has 0 saturated heterocycles. The minimum atomic E-state index is -0.241. The van der Waals surface area contributed by atoms with Gasteiger partial charge in [0.2, 0.25) is 0 Å². The summed E-state index contributed by atoms with van der Waals surface area (Å²) in [5, 5.41) is 3.22. The average molecular weight is 326 g/mol. The fraction of sp³-hybridized carbons (Fsp3) is 0.0769.